The molecule has 2 atom stereocenters. The van der Waals surface area contributed by atoms with Crippen molar-refractivity contribution in [3.05, 3.63) is 0 Å². The fourth-order valence-electron chi connectivity index (χ4n) is 1.74. The number of carbonyl (C=O) groups is 2. The third kappa shape index (κ3) is 4.93. The van der Waals surface area contributed by atoms with Crippen LogP contribution < -0.4 is 5.32 Å². The molecular weight excluding hydrogens is 269 g/mol. The van der Waals surface area contributed by atoms with E-state index in [2.05, 4.69) is 5.32 Å². The van der Waals surface area contributed by atoms with Gasteiger partial charge in [0.2, 0.25) is 0 Å². The predicted octanol–water partition coefficient (Wildman–Crippen LogP) is 0.822. The summed E-state index contributed by atoms with van der Waals surface area (Å²) in [5.41, 5.74) is 0. The Labute approximate surface area is 107 Å². The smallest absolute Gasteiger partial charge is 0.391 e. The highest BCUT2D eigenvalue weighted by Crippen LogP contribution is 2.21. The molecule has 2 N–H and O–H groups in total. The van der Waals surface area contributed by atoms with Crippen molar-refractivity contribution in [3.63, 3.8) is 0 Å². The first-order valence-electron chi connectivity index (χ1n) is 5.65. The second kappa shape index (κ2) is 6.09. The van der Waals surface area contributed by atoms with Crippen molar-refractivity contribution >= 4 is 12.0 Å². The lowest BCUT2D eigenvalue weighted by Crippen LogP contribution is -2.57. The summed E-state index contributed by atoms with van der Waals surface area (Å²) in [6.45, 7) is 1.23. The van der Waals surface area contributed by atoms with Crippen LogP contribution in [0.1, 0.15) is 13.3 Å². The molecule has 0 aliphatic carbocycles. The summed E-state index contributed by atoms with van der Waals surface area (Å²) in [6.07, 6.45) is -5.55. The third-order valence-electron chi connectivity index (χ3n) is 2.58. The van der Waals surface area contributed by atoms with Crippen molar-refractivity contribution < 1.29 is 32.6 Å². The van der Waals surface area contributed by atoms with Crippen LogP contribution in [0.5, 0.6) is 0 Å². The zero-order valence-electron chi connectivity index (χ0n) is 10.2. The molecule has 2 amide bonds. The van der Waals surface area contributed by atoms with Crippen LogP contribution in [0.4, 0.5) is 18.0 Å². The number of urea groups is 1. The van der Waals surface area contributed by atoms with Crippen LogP contribution in [0, 0.1) is 0 Å². The number of carboxylic acids is 1. The van der Waals surface area contributed by atoms with E-state index in [1.54, 1.807) is 0 Å². The summed E-state index contributed by atoms with van der Waals surface area (Å²) in [5, 5.41) is 11.0. The number of alkyl halides is 3. The Bertz CT molecular complexity index is 348. The maximum Gasteiger partial charge on any atom is 0.391 e. The SMILES string of the molecule is CC(CC(F)(F)F)NC(=O)N1CCOCC1C(=O)O. The number of halogens is 3. The molecule has 0 radical (unpaired) electrons. The predicted molar refractivity (Wildman–Crippen MR) is 57.6 cm³/mol. The molecule has 110 valence electrons. The monoisotopic (exact) mass is 284 g/mol. The normalized spacial score (nSPS) is 21.9. The Morgan fingerprint density at radius 1 is 1.53 bits per heavy atom. The van der Waals surface area contributed by atoms with Crippen LogP contribution >= 0.6 is 0 Å². The molecule has 1 aliphatic heterocycles. The summed E-state index contributed by atoms with van der Waals surface area (Å²) >= 11 is 0. The number of carboxylic acid groups (broad SMARTS) is 1. The quantitative estimate of drug-likeness (QED) is 0.804. The first kappa shape index (κ1) is 15.5. The topological polar surface area (TPSA) is 78.9 Å². The number of rotatable bonds is 3. The summed E-state index contributed by atoms with van der Waals surface area (Å²) in [4.78, 5) is 23.6. The average molecular weight is 284 g/mol. The zero-order valence-corrected chi connectivity index (χ0v) is 10.2. The van der Waals surface area contributed by atoms with Crippen molar-refractivity contribution in [2.24, 2.45) is 0 Å². The Balaban J connectivity index is 2.58. The molecular formula is C10H15F3N2O4. The van der Waals surface area contributed by atoms with Gasteiger partial charge in [-0.15, -0.1) is 0 Å². The molecule has 1 saturated heterocycles. The molecule has 19 heavy (non-hydrogen) atoms. The highest BCUT2D eigenvalue weighted by Gasteiger charge is 2.35. The number of nitrogens with one attached hydrogen (secondary N) is 1. The van der Waals surface area contributed by atoms with Crippen LogP contribution in [-0.2, 0) is 9.53 Å². The Hall–Kier alpha value is -1.51. The van der Waals surface area contributed by atoms with E-state index in [4.69, 9.17) is 9.84 Å². The van der Waals surface area contributed by atoms with Crippen LogP contribution in [0.25, 0.3) is 0 Å². The summed E-state index contributed by atoms with van der Waals surface area (Å²) < 4.78 is 41.3. The minimum Gasteiger partial charge on any atom is -0.480 e. The average Bonchev–Trinajstić information content (AvgIpc) is 2.26. The number of nitrogens with zero attached hydrogens (tertiary/aromatic N) is 1. The van der Waals surface area contributed by atoms with Crippen LogP contribution in [-0.4, -0.2) is 60.0 Å². The highest BCUT2D eigenvalue weighted by atomic mass is 19.4. The molecule has 0 aromatic carbocycles. The third-order valence-corrected chi connectivity index (χ3v) is 2.58. The number of carbonyl (C=O) groups excluding carboxylic acids is 1. The molecule has 0 spiro atoms. The lowest BCUT2D eigenvalue weighted by atomic mass is 10.2. The lowest BCUT2D eigenvalue weighted by molar-refractivity contribution is -0.148. The van der Waals surface area contributed by atoms with Crippen molar-refractivity contribution in [1.29, 1.82) is 0 Å². The van der Waals surface area contributed by atoms with Gasteiger partial charge < -0.3 is 20.1 Å². The number of hydrogen-bond acceptors (Lipinski definition) is 3. The molecule has 6 nitrogen and oxygen atoms in total. The zero-order chi connectivity index (χ0) is 14.6. The van der Waals surface area contributed by atoms with E-state index in [1.165, 1.54) is 6.92 Å². The minimum absolute atomic E-state index is 0.0293. The number of hydrogen-bond donors (Lipinski definition) is 2. The van der Waals surface area contributed by atoms with E-state index in [0.29, 0.717) is 0 Å². The summed E-state index contributed by atoms with van der Waals surface area (Å²) in [7, 11) is 0. The molecule has 1 heterocycles. The van der Waals surface area contributed by atoms with Gasteiger partial charge in [-0.1, -0.05) is 0 Å². The standard InChI is InChI=1S/C10H15F3N2O4/c1-6(4-10(11,12)13)14-9(18)15-2-3-19-5-7(15)8(16)17/h6-7H,2-5H2,1H3,(H,14,18)(H,16,17). The fraction of sp³-hybridized carbons (Fsp3) is 0.800. The molecule has 1 rings (SSSR count). The van der Waals surface area contributed by atoms with Crippen LogP contribution in [0.3, 0.4) is 0 Å². The van der Waals surface area contributed by atoms with Gasteiger partial charge in [0.1, 0.15) is 0 Å². The second-order valence-corrected chi connectivity index (χ2v) is 4.29. The van der Waals surface area contributed by atoms with E-state index in [1.807, 2.05) is 0 Å². The van der Waals surface area contributed by atoms with Crippen LogP contribution in [0.2, 0.25) is 0 Å². The van der Waals surface area contributed by atoms with Crippen molar-refractivity contribution in [3.8, 4) is 0 Å². The van der Waals surface area contributed by atoms with Crippen molar-refractivity contribution in [2.45, 2.75) is 31.6 Å². The van der Waals surface area contributed by atoms with Crippen molar-refractivity contribution in [2.75, 3.05) is 19.8 Å². The Kier molecular flexibility index (Phi) is 4.98. The maximum atomic E-state index is 12.1. The van der Waals surface area contributed by atoms with Gasteiger partial charge in [0.25, 0.3) is 0 Å². The fourth-order valence-corrected chi connectivity index (χ4v) is 1.74. The van der Waals surface area contributed by atoms with Gasteiger partial charge in [-0.2, -0.15) is 13.2 Å². The Morgan fingerprint density at radius 2 is 2.16 bits per heavy atom. The molecule has 9 heteroatoms. The molecule has 0 aromatic rings. The van der Waals surface area contributed by atoms with Gasteiger partial charge in [0.05, 0.1) is 19.6 Å². The van der Waals surface area contributed by atoms with Gasteiger partial charge >= 0.3 is 18.2 Å². The second-order valence-electron chi connectivity index (χ2n) is 4.29. The van der Waals surface area contributed by atoms with E-state index < -0.39 is 36.7 Å². The summed E-state index contributed by atoms with van der Waals surface area (Å²) in [6, 6.07) is -3.12. The molecule has 1 fully saturated rings. The number of ether oxygens (including phenoxy) is 1. The van der Waals surface area contributed by atoms with Gasteiger partial charge in [0, 0.05) is 12.6 Å². The Morgan fingerprint density at radius 3 is 2.68 bits per heavy atom. The first-order valence-corrected chi connectivity index (χ1v) is 5.65. The number of morpholine rings is 1. The first-order chi connectivity index (χ1) is 8.70. The van der Waals surface area contributed by atoms with Gasteiger partial charge in [-0.3, -0.25) is 0 Å². The number of aliphatic carboxylic acids is 1. The van der Waals surface area contributed by atoms with Gasteiger partial charge in [-0.25, -0.2) is 9.59 Å². The molecule has 0 saturated carbocycles. The largest absolute Gasteiger partial charge is 0.480 e. The molecule has 0 bridgehead atoms. The molecule has 0 aromatic heterocycles. The van der Waals surface area contributed by atoms with E-state index in [-0.39, 0.29) is 19.8 Å². The van der Waals surface area contributed by atoms with Crippen LogP contribution in [0.15, 0.2) is 0 Å². The molecule has 2 unspecified atom stereocenters. The van der Waals surface area contributed by atoms with E-state index in [0.717, 1.165) is 4.90 Å². The van der Waals surface area contributed by atoms with Gasteiger partial charge in [0.15, 0.2) is 6.04 Å². The van der Waals surface area contributed by atoms with Gasteiger partial charge in [-0.05, 0) is 6.92 Å². The van der Waals surface area contributed by atoms with E-state index >= 15 is 0 Å². The summed E-state index contributed by atoms with van der Waals surface area (Å²) in [5.74, 6) is -1.25. The lowest BCUT2D eigenvalue weighted by Gasteiger charge is -2.33. The van der Waals surface area contributed by atoms with Crippen molar-refractivity contribution in [1.82, 2.24) is 10.2 Å². The maximum absolute atomic E-state index is 12.1. The minimum atomic E-state index is -4.39. The number of amides is 2. The van der Waals surface area contributed by atoms with E-state index in [9.17, 15) is 22.8 Å². The molecule has 1 aliphatic rings. The highest BCUT2D eigenvalue weighted by molar-refractivity contribution is 5.83.